The van der Waals surface area contributed by atoms with E-state index in [4.69, 9.17) is 0 Å². The van der Waals surface area contributed by atoms with Gasteiger partial charge in [-0.1, -0.05) is 30.3 Å². The van der Waals surface area contributed by atoms with Crippen LogP contribution < -0.4 is 5.32 Å². The molecular weight excluding hydrogens is 366 g/mol. The number of aromatic nitrogens is 1. The van der Waals surface area contributed by atoms with Crippen LogP contribution in [0.2, 0.25) is 0 Å². The van der Waals surface area contributed by atoms with Crippen molar-refractivity contribution in [3.05, 3.63) is 51.5 Å². The Bertz CT molecular complexity index is 820. The monoisotopic (exact) mass is 389 g/mol. The van der Waals surface area contributed by atoms with Crippen molar-refractivity contribution in [3.8, 4) is 0 Å². The molecule has 2 rings (SSSR count). The lowest BCUT2D eigenvalue weighted by Crippen LogP contribution is -2.46. The second-order valence-electron chi connectivity index (χ2n) is 6.18. The number of hydrogen-bond acceptors (Lipinski definition) is 5. The predicted molar refractivity (Wildman–Crippen MR) is 103 cm³/mol. The quantitative estimate of drug-likeness (QED) is 0.720. The summed E-state index contributed by atoms with van der Waals surface area (Å²) in [6, 6.07) is 8.80. The fourth-order valence-corrected chi connectivity index (χ4v) is 3.64. The minimum Gasteiger partial charge on any atom is -0.480 e. The number of benzene rings is 1. The lowest BCUT2D eigenvalue weighted by atomic mass is 10.2. The average molecular weight is 389 g/mol. The van der Waals surface area contributed by atoms with Crippen molar-refractivity contribution >= 4 is 29.1 Å². The summed E-state index contributed by atoms with van der Waals surface area (Å²) in [5, 5.41) is 12.7. The fourth-order valence-electron chi connectivity index (χ4n) is 2.58. The number of aryl methyl sites for hydroxylation is 1. The van der Waals surface area contributed by atoms with Gasteiger partial charge in [-0.2, -0.15) is 0 Å². The minimum absolute atomic E-state index is 0.108. The van der Waals surface area contributed by atoms with Gasteiger partial charge < -0.3 is 15.3 Å². The number of hydrogen-bond donors (Lipinski definition) is 2. The molecule has 2 N–H and O–H groups in total. The first-order chi connectivity index (χ1) is 12.8. The molecule has 0 spiro atoms. The summed E-state index contributed by atoms with van der Waals surface area (Å²) in [5.74, 6) is -1.72. The van der Waals surface area contributed by atoms with Crippen molar-refractivity contribution in [2.45, 2.75) is 33.2 Å². The van der Waals surface area contributed by atoms with Crippen LogP contribution >= 0.6 is 11.3 Å². The molecule has 0 aliphatic rings. The number of nitrogens with one attached hydrogen (secondary N) is 1. The van der Waals surface area contributed by atoms with Crippen LogP contribution in [0.5, 0.6) is 0 Å². The largest absolute Gasteiger partial charge is 0.480 e. The van der Waals surface area contributed by atoms with Crippen molar-refractivity contribution < 1.29 is 19.5 Å². The van der Waals surface area contributed by atoms with E-state index < -0.39 is 12.0 Å². The second-order valence-corrected chi connectivity index (χ2v) is 7.26. The summed E-state index contributed by atoms with van der Waals surface area (Å²) in [6.45, 7) is 4.87. The summed E-state index contributed by atoms with van der Waals surface area (Å²) in [4.78, 5) is 41.6. The molecule has 0 bridgehead atoms. The van der Waals surface area contributed by atoms with Gasteiger partial charge in [-0.25, -0.2) is 9.78 Å². The van der Waals surface area contributed by atoms with Crippen LogP contribution in [0.4, 0.5) is 0 Å². The first kappa shape index (κ1) is 20.6. The lowest BCUT2D eigenvalue weighted by Gasteiger charge is -2.26. The maximum atomic E-state index is 13.0. The van der Waals surface area contributed by atoms with Gasteiger partial charge in [0.1, 0.15) is 10.9 Å². The van der Waals surface area contributed by atoms with Gasteiger partial charge in [0.15, 0.2) is 0 Å². The van der Waals surface area contributed by atoms with E-state index in [9.17, 15) is 19.5 Å². The Morgan fingerprint density at radius 1 is 1.26 bits per heavy atom. The second kappa shape index (κ2) is 9.27. The molecule has 27 heavy (non-hydrogen) atoms. The van der Waals surface area contributed by atoms with E-state index in [-0.39, 0.29) is 24.9 Å². The molecule has 1 unspecified atom stereocenters. The Labute approximate surface area is 162 Å². The predicted octanol–water partition coefficient (Wildman–Crippen LogP) is 2.09. The molecule has 0 aliphatic heterocycles. The molecule has 8 heteroatoms. The summed E-state index contributed by atoms with van der Waals surface area (Å²) in [6.07, 6.45) is 0.611. The number of amides is 2. The standard InChI is InChI=1S/C19H23N3O4S/c1-12-17(27-16(21-12)11-15-7-5-4-6-8-15)18(24)22(13(2)19(25)26)10-9-20-14(3)23/h4-8,13H,9-11H2,1-3H3,(H,20,23)(H,25,26). The van der Waals surface area contributed by atoms with E-state index >= 15 is 0 Å². The molecule has 1 aromatic carbocycles. The zero-order valence-electron chi connectivity index (χ0n) is 15.6. The van der Waals surface area contributed by atoms with Crippen molar-refractivity contribution in [2.24, 2.45) is 0 Å². The van der Waals surface area contributed by atoms with E-state index in [1.54, 1.807) is 6.92 Å². The SMILES string of the molecule is CC(=O)NCCN(C(=O)c1sc(Cc2ccccc2)nc1C)C(C)C(=O)O. The topological polar surface area (TPSA) is 99.6 Å². The van der Waals surface area contributed by atoms with Gasteiger partial charge in [-0.05, 0) is 19.4 Å². The van der Waals surface area contributed by atoms with E-state index in [2.05, 4.69) is 10.3 Å². The van der Waals surface area contributed by atoms with Crippen LogP contribution in [0.25, 0.3) is 0 Å². The third kappa shape index (κ3) is 5.62. The molecule has 144 valence electrons. The number of carbonyl (C=O) groups is 3. The average Bonchev–Trinajstić information content (AvgIpc) is 2.98. The first-order valence-electron chi connectivity index (χ1n) is 8.58. The molecule has 2 aromatic rings. The van der Waals surface area contributed by atoms with Crippen LogP contribution in [-0.2, 0) is 16.0 Å². The zero-order chi connectivity index (χ0) is 20.0. The number of rotatable bonds is 8. The smallest absolute Gasteiger partial charge is 0.326 e. The van der Waals surface area contributed by atoms with Crippen molar-refractivity contribution in [2.75, 3.05) is 13.1 Å². The molecule has 0 radical (unpaired) electrons. The van der Waals surface area contributed by atoms with Crippen molar-refractivity contribution in [1.82, 2.24) is 15.2 Å². The molecule has 1 heterocycles. The minimum atomic E-state index is -1.10. The van der Waals surface area contributed by atoms with E-state index in [1.807, 2.05) is 30.3 Å². The number of carbonyl (C=O) groups excluding carboxylic acids is 2. The van der Waals surface area contributed by atoms with Gasteiger partial charge in [0.25, 0.3) is 5.91 Å². The molecule has 1 aromatic heterocycles. The number of aliphatic carboxylic acids is 1. The van der Waals surface area contributed by atoms with Crippen LogP contribution in [-0.4, -0.2) is 51.9 Å². The molecule has 0 aliphatic carbocycles. The Morgan fingerprint density at radius 3 is 2.52 bits per heavy atom. The highest BCUT2D eigenvalue weighted by Crippen LogP contribution is 2.23. The molecule has 0 fully saturated rings. The van der Waals surface area contributed by atoms with E-state index in [1.165, 1.54) is 30.1 Å². The van der Waals surface area contributed by atoms with Gasteiger partial charge in [0, 0.05) is 26.4 Å². The maximum Gasteiger partial charge on any atom is 0.326 e. The zero-order valence-corrected chi connectivity index (χ0v) is 16.4. The van der Waals surface area contributed by atoms with Crippen LogP contribution in [0.1, 0.15) is 39.8 Å². The van der Waals surface area contributed by atoms with Gasteiger partial charge in [0.2, 0.25) is 5.91 Å². The Hall–Kier alpha value is -2.74. The summed E-state index contributed by atoms with van der Waals surface area (Å²) >= 11 is 1.28. The molecule has 0 saturated heterocycles. The van der Waals surface area contributed by atoms with Crippen molar-refractivity contribution in [3.63, 3.8) is 0 Å². The van der Waals surface area contributed by atoms with Crippen LogP contribution in [0, 0.1) is 6.92 Å². The number of nitrogens with zero attached hydrogens (tertiary/aromatic N) is 2. The van der Waals surface area contributed by atoms with Gasteiger partial charge >= 0.3 is 5.97 Å². The molecule has 0 saturated carbocycles. The third-order valence-electron chi connectivity index (χ3n) is 4.05. The fraction of sp³-hybridized carbons (Fsp3) is 0.368. The van der Waals surface area contributed by atoms with E-state index in [0.717, 1.165) is 10.6 Å². The number of carboxylic acid groups (broad SMARTS) is 1. The molecule has 2 amide bonds. The summed E-state index contributed by atoms with van der Waals surface area (Å²) < 4.78 is 0. The summed E-state index contributed by atoms with van der Waals surface area (Å²) in [7, 11) is 0. The molecule has 1 atom stereocenters. The highest BCUT2D eigenvalue weighted by molar-refractivity contribution is 7.13. The van der Waals surface area contributed by atoms with Crippen LogP contribution in [0.3, 0.4) is 0 Å². The van der Waals surface area contributed by atoms with Gasteiger partial charge in [0.05, 0.1) is 10.7 Å². The van der Waals surface area contributed by atoms with Crippen LogP contribution in [0.15, 0.2) is 30.3 Å². The number of thiazole rings is 1. The first-order valence-corrected chi connectivity index (χ1v) is 9.39. The highest BCUT2D eigenvalue weighted by Gasteiger charge is 2.29. The Balaban J connectivity index is 2.20. The highest BCUT2D eigenvalue weighted by atomic mass is 32.1. The van der Waals surface area contributed by atoms with E-state index in [0.29, 0.717) is 17.0 Å². The Kier molecular flexibility index (Phi) is 7.06. The maximum absolute atomic E-state index is 13.0. The Morgan fingerprint density at radius 2 is 1.93 bits per heavy atom. The van der Waals surface area contributed by atoms with Gasteiger partial charge in [-0.15, -0.1) is 11.3 Å². The number of carboxylic acids is 1. The molecular formula is C19H23N3O4S. The lowest BCUT2D eigenvalue weighted by molar-refractivity contribution is -0.141. The molecule has 7 nitrogen and oxygen atoms in total. The summed E-state index contributed by atoms with van der Waals surface area (Å²) in [5.41, 5.74) is 1.67. The van der Waals surface area contributed by atoms with Crippen molar-refractivity contribution in [1.29, 1.82) is 0 Å². The van der Waals surface area contributed by atoms with Gasteiger partial charge in [-0.3, -0.25) is 9.59 Å². The third-order valence-corrected chi connectivity index (χ3v) is 5.19. The normalized spacial score (nSPS) is 11.7.